The Hall–Kier alpha value is -7.28. The number of para-hydroxylation sites is 1. The normalized spacial score (nSPS) is 11.8. The highest BCUT2D eigenvalue weighted by Crippen LogP contribution is 2.43. The predicted molar refractivity (Wildman–Crippen MR) is 221 cm³/mol. The van der Waals surface area contributed by atoms with Crippen molar-refractivity contribution in [3.8, 4) is 45.3 Å². The molecule has 9 aromatic carbocycles. The van der Waals surface area contributed by atoms with Crippen LogP contribution in [0.3, 0.4) is 0 Å². The van der Waals surface area contributed by atoms with Crippen molar-refractivity contribution in [1.29, 1.82) is 5.26 Å². The number of nitrogens with zero attached hydrogens (tertiary/aromatic N) is 3. The van der Waals surface area contributed by atoms with Crippen LogP contribution >= 0.6 is 0 Å². The number of fused-ring (bicyclic) bond motifs is 4. The first-order valence-electron chi connectivity index (χ1n) is 17.9. The Labute approximate surface area is 305 Å². The molecule has 0 bridgehead atoms. The van der Waals surface area contributed by atoms with Crippen molar-refractivity contribution in [2.75, 3.05) is 0 Å². The maximum atomic E-state index is 9.74. The van der Waals surface area contributed by atoms with Gasteiger partial charge in [0, 0.05) is 28.2 Å². The van der Waals surface area contributed by atoms with Crippen LogP contribution in [-0.2, 0) is 0 Å². The average molecular weight is 672 g/mol. The molecule has 0 spiro atoms. The summed E-state index contributed by atoms with van der Waals surface area (Å²) in [6.07, 6.45) is 1.86. The molecular weight excluding hydrogens is 643 g/mol. The highest BCUT2D eigenvalue weighted by molar-refractivity contribution is 6.25. The van der Waals surface area contributed by atoms with Gasteiger partial charge < -0.3 is 4.57 Å². The van der Waals surface area contributed by atoms with Gasteiger partial charge in [0.15, 0.2) is 0 Å². The van der Waals surface area contributed by atoms with Crippen molar-refractivity contribution in [2.45, 2.75) is 0 Å². The summed E-state index contributed by atoms with van der Waals surface area (Å²) < 4.78 is 2.29. The quantitative estimate of drug-likeness (QED) is 0.175. The second-order valence-electron chi connectivity index (χ2n) is 13.9. The van der Waals surface area contributed by atoms with Gasteiger partial charge >= 0.3 is 0 Å². The lowest BCUT2D eigenvalue weighted by molar-refractivity contribution is 1.18. The summed E-state index contributed by atoms with van der Waals surface area (Å²) in [5.74, 6) is 0. The molecule has 0 atom stereocenters. The third kappa shape index (κ3) is 4.50. The topological polar surface area (TPSA) is 41.6 Å². The summed E-state index contributed by atoms with van der Waals surface area (Å²) in [6, 6.07) is 63.3. The first kappa shape index (κ1) is 29.5. The number of benzene rings is 9. The van der Waals surface area contributed by atoms with Gasteiger partial charge in [0.1, 0.15) is 0 Å². The smallest absolute Gasteiger partial charge is 0.0992 e. The van der Waals surface area contributed by atoms with Gasteiger partial charge in [-0.2, -0.15) is 5.26 Å². The van der Waals surface area contributed by atoms with E-state index in [0.717, 1.165) is 38.9 Å². The van der Waals surface area contributed by atoms with Crippen LogP contribution in [0, 0.1) is 11.3 Å². The van der Waals surface area contributed by atoms with Crippen LogP contribution in [0.15, 0.2) is 176 Å². The lowest BCUT2D eigenvalue weighted by atomic mass is 9.88. The molecule has 0 saturated carbocycles. The zero-order valence-corrected chi connectivity index (χ0v) is 28.6. The average Bonchev–Trinajstić information content (AvgIpc) is 3.55. The number of aromatic nitrogens is 2. The van der Waals surface area contributed by atoms with Gasteiger partial charge in [0.25, 0.3) is 0 Å². The van der Waals surface area contributed by atoms with Crippen molar-refractivity contribution < 1.29 is 0 Å². The Morgan fingerprint density at radius 3 is 1.62 bits per heavy atom. The van der Waals surface area contributed by atoms with Gasteiger partial charge in [-0.05, 0) is 132 Å². The van der Waals surface area contributed by atoms with E-state index in [9.17, 15) is 5.26 Å². The highest BCUT2D eigenvalue weighted by atomic mass is 15.0. The first-order valence-corrected chi connectivity index (χ1v) is 17.9. The molecule has 0 aliphatic heterocycles. The standard InChI is InChI=1S/C50H29N3/c51-30-31-13-19-44-45-20-18-32(29-48(45)53(47(44)24-31)39-8-2-1-3-9-39)40-21-22-41(43-11-5-4-10-42(40)43)37-25-33-14-16-35-27-38(46-12-6-7-23-52-46)28-36-17-15-34(26-37)49(33)50(35)36/h1-29H. The van der Waals surface area contributed by atoms with E-state index < -0.39 is 0 Å². The molecule has 2 heterocycles. The van der Waals surface area contributed by atoms with Gasteiger partial charge in [0.05, 0.1) is 28.4 Å². The van der Waals surface area contributed by atoms with Crippen LogP contribution in [-0.4, -0.2) is 9.55 Å². The number of hydrogen-bond donors (Lipinski definition) is 0. The number of hydrogen-bond acceptors (Lipinski definition) is 2. The Bertz CT molecular complexity index is 3210. The Morgan fingerprint density at radius 2 is 1.00 bits per heavy atom. The molecule has 53 heavy (non-hydrogen) atoms. The largest absolute Gasteiger partial charge is 0.309 e. The lowest BCUT2D eigenvalue weighted by Gasteiger charge is -2.16. The van der Waals surface area contributed by atoms with Gasteiger partial charge in [-0.15, -0.1) is 0 Å². The Kier molecular flexibility index (Phi) is 6.32. The van der Waals surface area contributed by atoms with E-state index in [4.69, 9.17) is 0 Å². The molecule has 0 aliphatic carbocycles. The molecule has 2 aromatic heterocycles. The van der Waals surface area contributed by atoms with Crippen LogP contribution < -0.4 is 0 Å². The van der Waals surface area contributed by atoms with E-state index in [2.05, 4.69) is 155 Å². The van der Waals surface area contributed by atoms with Crippen LogP contribution in [0.4, 0.5) is 0 Å². The molecular formula is C50H29N3. The van der Waals surface area contributed by atoms with Crippen molar-refractivity contribution in [2.24, 2.45) is 0 Å². The van der Waals surface area contributed by atoms with Crippen molar-refractivity contribution >= 4 is 64.9 Å². The van der Waals surface area contributed by atoms with Crippen LogP contribution in [0.25, 0.3) is 104 Å². The van der Waals surface area contributed by atoms with E-state index in [0.29, 0.717) is 5.56 Å². The molecule has 3 nitrogen and oxygen atoms in total. The van der Waals surface area contributed by atoms with Gasteiger partial charge in [-0.3, -0.25) is 4.98 Å². The minimum absolute atomic E-state index is 0.654. The van der Waals surface area contributed by atoms with E-state index in [1.807, 2.05) is 36.5 Å². The molecule has 0 aliphatic rings. The molecule has 0 N–H and O–H groups in total. The molecule has 0 saturated heterocycles. The summed E-state index contributed by atoms with van der Waals surface area (Å²) in [7, 11) is 0. The SMILES string of the molecule is N#Cc1ccc2c3ccc(-c4ccc(-c5cc6ccc7cc(-c8ccccn8)cc8ccc(c5)c6c78)c5ccccc45)cc3n(-c3ccccc3)c2c1. The van der Waals surface area contributed by atoms with Crippen LogP contribution in [0.1, 0.15) is 5.56 Å². The second kappa shape index (κ2) is 11.4. The molecule has 0 unspecified atom stereocenters. The second-order valence-corrected chi connectivity index (χ2v) is 13.9. The number of nitriles is 1. The maximum Gasteiger partial charge on any atom is 0.0992 e. The van der Waals surface area contributed by atoms with E-state index in [1.54, 1.807) is 0 Å². The monoisotopic (exact) mass is 671 g/mol. The third-order valence-electron chi connectivity index (χ3n) is 11.0. The Balaban J connectivity index is 1.08. The van der Waals surface area contributed by atoms with Gasteiger partial charge in [-0.1, -0.05) is 103 Å². The predicted octanol–water partition coefficient (Wildman–Crippen LogP) is 13.1. The van der Waals surface area contributed by atoms with Gasteiger partial charge in [-0.25, -0.2) is 0 Å². The lowest BCUT2D eigenvalue weighted by Crippen LogP contribution is -1.94. The fourth-order valence-corrected chi connectivity index (χ4v) is 8.59. The zero-order valence-electron chi connectivity index (χ0n) is 28.6. The summed E-state index contributed by atoms with van der Waals surface area (Å²) in [5, 5.41) is 22.0. The molecule has 0 fully saturated rings. The van der Waals surface area contributed by atoms with Gasteiger partial charge in [0.2, 0.25) is 0 Å². The summed E-state index contributed by atoms with van der Waals surface area (Å²) >= 11 is 0. The highest BCUT2D eigenvalue weighted by Gasteiger charge is 2.17. The number of rotatable bonds is 4. The van der Waals surface area contributed by atoms with Crippen molar-refractivity contribution in [3.63, 3.8) is 0 Å². The van der Waals surface area contributed by atoms with Crippen molar-refractivity contribution in [1.82, 2.24) is 9.55 Å². The van der Waals surface area contributed by atoms with Crippen molar-refractivity contribution in [3.05, 3.63) is 182 Å². The first-order chi connectivity index (χ1) is 26.2. The maximum absolute atomic E-state index is 9.74. The Morgan fingerprint density at radius 1 is 0.434 bits per heavy atom. The fraction of sp³-hybridized carbons (Fsp3) is 0. The molecule has 244 valence electrons. The van der Waals surface area contributed by atoms with E-state index in [1.165, 1.54) is 65.2 Å². The van der Waals surface area contributed by atoms with E-state index in [-0.39, 0.29) is 0 Å². The van der Waals surface area contributed by atoms with Crippen LogP contribution in [0.2, 0.25) is 0 Å². The molecule has 0 radical (unpaired) electrons. The molecule has 11 rings (SSSR count). The minimum atomic E-state index is 0.654. The minimum Gasteiger partial charge on any atom is -0.309 e. The summed E-state index contributed by atoms with van der Waals surface area (Å²) in [5.41, 5.74) is 10.8. The van der Waals surface area contributed by atoms with E-state index >= 15 is 0 Å². The van der Waals surface area contributed by atoms with Crippen LogP contribution in [0.5, 0.6) is 0 Å². The zero-order chi connectivity index (χ0) is 35.0. The fourth-order valence-electron chi connectivity index (χ4n) is 8.59. The molecule has 11 aromatic rings. The third-order valence-corrected chi connectivity index (χ3v) is 11.0. The summed E-state index contributed by atoms with van der Waals surface area (Å²) in [6.45, 7) is 0. The summed E-state index contributed by atoms with van der Waals surface area (Å²) in [4.78, 5) is 4.61. The molecule has 3 heteroatoms. The molecule has 0 amide bonds. The number of pyridine rings is 1.